The van der Waals surface area contributed by atoms with Crippen LogP contribution in [0.4, 0.5) is 60.3 Å². The summed E-state index contributed by atoms with van der Waals surface area (Å²) in [6, 6.07) is 0. The summed E-state index contributed by atoms with van der Waals surface area (Å²) in [6.45, 7) is 0. The molecule has 0 unspecified atom stereocenters. The Bertz CT molecular complexity index is 388. The summed E-state index contributed by atoms with van der Waals surface area (Å²) in [6.07, 6.45) is 0. The molecule has 0 aliphatic heterocycles. The van der Waals surface area contributed by atoms with Gasteiger partial charge in [-0.25, -0.2) is 0 Å². The molecule has 0 spiro atoms. The van der Waals surface area contributed by atoms with E-state index in [-0.39, 0.29) is 0 Å². The van der Waals surface area contributed by atoms with Gasteiger partial charge in [0.1, 0.15) is 0 Å². The standard InChI is InChI=1S/C4F9S3.AsF6/c5-2(6,7)14-1(15-3(8,9)10)16-4(11,12)13;2-1(3,4,5,6)7/q+1;-1. The molecular formula is C4AsF15S3. The molecule has 0 radical (unpaired) electrons. The van der Waals surface area contributed by atoms with E-state index in [4.69, 9.17) is 0 Å². The third kappa shape index (κ3) is 39.3. The van der Waals surface area contributed by atoms with Gasteiger partial charge in [-0.3, -0.25) is 0 Å². The fourth-order valence-corrected chi connectivity index (χ4v) is 3.11. The molecule has 0 aliphatic carbocycles. The average Bonchev–Trinajstić information content (AvgIpc) is 1.82. The molecule has 0 saturated carbocycles. The second-order valence-corrected chi connectivity index (χ2v) is 10.9. The Balaban J connectivity index is 0. The first-order valence-corrected chi connectivity index (χ1v) is 10.6. The van der Waals surface area contributed by atoms with Crippen molar-refractivity contribution >= 4 is 52.6 Å². The summed E-state index contributed by atoms with van der Waals surface area (Å²) in [5.41, 5.74) is -15.6. The van der Waals surface area contributed by atoms with Gasteiger partial charge in [-0.15, -0.1) is 13.2 Å². The maximum atomic E-state index is 11.6. The Morgan fingerprint density at radius 3 is 0.957 bits per heavy atom. The monoisotopic (exact) mass is 504 g/mol. The molecule has 0 aliphatic rings. The summed E-state index contributed by atoms with van der Waals surface area (Å²) in [5.74, 6) is 0. The molecule has 19 heteroatoms. The molecule has 0 bridgehead atoms. The van der Waals surface area contributed by atoms with E-state index in [1.54, 1.807) is 0 Å². The van der Waals surface area contributed by atoms with Gasteiger partial charge in [0.05, 0.1) is 23.5 Å². The molecule has 0 saturated heterocycles. The van der Waals surface area contributed by atoms with Crippen LogP contribution in [0.5, 0.6) is 0 Å². The van der Waals surface area contributed by atoms with Crippen LogP contribution in [0.15, 0.2) is 0 Å². The van der Waals surface area contributed by atoms with Gasteiger partial charge in [0.25, 0.3) is 0 Å². The quantitative estimate of drug-likeness (QED) is 0.164. The number of alkyl halides is 9. The van der Waals surface area contributed by atoms with Crippen LogP contribution in [0, 0.1) is 0 Å². The van der Waals surface area contributed by atoms with Crippen molar-refractivity contribution in [1.82, 2.24) is 0 Å². The summed E-state index contributed by atoms with van der Waals surface area (Å²) in [5, 5.41) is 0. The zero-order valence-electron chi connectivity index (χ0n) is 9.34. The molecule has 144 valence electrons. The Kier molecular flexibility index (Phi) is 7.27. The number of rotatable bonds is 0. The second kappa shape index (κ2) is 6.55. The van der Waals surface area contributed by atoms with E-state index in [1.807, 2.05) is 0 Å². The fourth-order valence-electron chi connectivity index (χ4n) is 0.346. The molecular weight excluding hydrogens is 504 g/mol. The number of hydrogen-bond acceptors (Lipinski definition) is 2. The van der Waals surface area contributed by atoms with Crippen molar-refractivity contribution in [2.24, 2.45) is 0 Å². The summed E-state index contributed by atoms with van der Waals surface area (Å²) >= 11 is -15.4. The van der Waals surface area contributed by atoms with Crippen LogP contribution in [-0.2, 0) is 11.4 Å². The van der Waals surface area contributed by atoms with Gasteiger partial charge in [0.15, 0.2) is 0 Å². The van der Waals surface area contributed by atoms with Crippen LogP contribution in [-0.4, -0.2) is 34.2 Å². The summed E-state index contributed by atoms with van der Waals surface area (Å²) < 4.78 is 162. The zero-order chi connectivity index (χ0) is 19.6. The molecule has 0 N–H and O–H groups in total. The summed E-state index contributed by atoms with van der Waals surface area (Å²) in [7, 11) is 0. The van der Waals surface area contributed by atoms with Gasteiger partial charge in [0.2, 0.25) is 0 Å². The molecule has 0 atom stereocenters. The van der Waals surface area contributed by atoms with Crippen LogP contribution < -0.4 is 0 Å². The Morgan fingerprint density at radius 1 is 0.609 bits per heavy atom. The van der Waals surface area contributed by atoms with E-state index in [9.17, 15) is 60.3 Å². The Hall–Kier alpha value is 0.298. The van der Waals surface area contributed by atoms with Gasteiger partial charge in [-0.05, 0) is 0 Å². The molecule has 0 aromatic carbocycles. The van der Waals surface area contributed by atoms with Gasteiger partial charge in [-0.2, -0.15) is 26.3 Å². The molecule has 0 nitrogen and oxygen atoms in total. The first kappa shape index (κ1) is 25.5. The van der Waals surface area contributed by atoms with E-state index >= 15 is 0 Å². The first-order valence-electron chi connectivity index (χ1n) is 3.94. The van der Waals surface area contributed by atoms with Crippen molar-refractivity contribution in [2.45, 2.75) is 16.5 Å². The third-order valence-electron chi connectivity index (χ3n) is 0.597. The van der Waals surface area contributed by atoms with Crippen molar-refractivity contribution in [1.29, 1.82) is 0 Å². The first-order chi connectivity index (χ1) is 9.23. The van der Waals surface area contributed by atoms with E-state index in [0.717, 1.165) is 0 Å². The molecule has 0 amide bonds. The topological polar surface area (TPSA) is 0 Å². The predicted molar refractivity (Wildman–Crippen MR) is 58.1 cm³/mol. The van der Waals surface area contributed by atoms with Crippen molar-refractivity contribution in [3.05, 3.63) is 0 Å². The fraction of sp³-hybridized carbons (Fsp3) is 0.750. The number of hydrogen-bond donors (Lipinski definition) is 0. The van der Waals surface area contributed by atoms with Gasteiger partial charge < -0.3 is 0 Å². The zero-order valence-corrected chi connectivity index (χ0v) is 13.7. The van der Waals surface area contributed by atoms with E-state index in [1.165, 1.54) is 0 Å². The van der Waals surface area contributed by atoms with Crippen LogP contribution in [0.2, 0.25) is 0 Å². The minimum atomic E-state index is -11.1. The third-order valence-corrected chi connectivity index (χ3v) is 3.29. The molecule has 0 aromatic rings. The average molecular weight is 504 g/mol. The van der Waals surface area contributed by atoms with Crippen molar-refractivity contribution in [3.8, 4) is 0 Å². The predicted octanol–water partition coefficient (Wildman–Crippen LogP) is 6.32. The Labute approximate surface area is 129 Å². The van der Waals surface area contributed by atoms with Crippen LogP contribution in [0.3, 0.4) is 0 Å². The van der Waals surface area contributed by atoms with Crippen LogP contribution in [0.1, 0.15) is 0 Å². The maximum absolute atomic E-state index is 11.6. The van der Waals surface area contributed by atoms with Crippen molar-refractivity contribution in [3.63, 3.8) is 0 Å². The van der Waals surface area contributed by atoms with E-state index in [2.05, 4.69) is 0 Å². The number of halogens is 15. The second-order valence-electron chi connectivity index (χ2n) is 2.85. The normalized spacial score (nSPS) is 16.7. The Morgan fingerprint density at radius 2 is 0.826 bits per heavy atom. The molecule has 0 fully saturated rings. The summed E-state index contributed by atoms with van der Waals surface area (Å²) in [4.78, 5) is 0. The molecule has 0 heterocycles. The van der Waals surface area contributed by atoms with Gasteiger partial charge in [-0.1, -0.05) is 0 Å². The molecule has 23 heavy (non-hydrogen) atoms. The van der Waals surface area contributed by atoms with Crippen molar-refractivity contribution in [2.75, 3.05) is 0 Å². The van der Waals surface area contributed by atoms with Gasteiger partial charge >= 0.3 is 66.4 Å². The van der Waals surface area contributed by atoms with Crippen molar-refractivity contribution < 1.29 is 60.3 Å². The molecule has 0 aromatic heterocycles. The van der Waals surface area contributed by atoms with E-state index < -0.39 is 69.1 Å². The van der Waals surface area contributed by atoms with Crippen LogP contribution in [0.25, 0.3) is 0 Å². The SMILES string of the molecule is FC(F)(F)SC(SC(F)(F)F)=[S+]C(F)(F)F.F[As-](F)(F)(F)(F)F. The van der Waals surface area contributed by atoms with Crippen LogP contribution >= 0.6 is 23.5 Å². The molecule has 0 rings (SSSR count). The number of thioether (sulfide) groups is 2. The minimum absolute atomic E-state index is 1.44. The van der Waals surface area contributed by atoms with E-state index in [0.29, 0.717) is 0 Å². The van der Waals surface area contributed by atoms with Gasteiger partial charge in [0, 0.05) is 0 Å².